The number of aliphatic hydroxyl groups excluding tert-OH is 1. The van der Waals surface area contributed by atoms with Gasteiger partial charge in [0.05, 0.1) is 6.10 Å². The smallest absolute Gasteiger partial charge is 0.0667 e. The third-order valence-electron chi connectivity index (χ3n) is 1.55. The van der Waals surface area contributed by atoms with Crippen molar-refractivity contribution in [1.82, 2.24) is 5.32 Å². The van der Waals surface area contributed by atoms with Gasteiger partial charge >= 0.3 is 0 Å². The van der Waals surface area contributed by atoms with Crippen LogP contribution in [0.4, 0.5) is 0 Å². The molecule has 3 heteroatoms. The van der Waals surface area contributed by atoms with Crippen LogP contribution in [-0.4, -0.2) is 24.3 Å². The number of halogens is 1. The monoisotopic (exact) mass is 151 g/mol. The minimum atomic E-state index is -0.0984. The molecule has 0 aromatic carbocycles. The van der Waals surface area contributed by atoms with Crippen molar-refractivity contribution in [2.45, 2.75) is 19.4 Å². The van der Waals surface area contributed by atoms with Gasteiger partial charge in [-0.3, -0.25) is 0 Å². The molecule has 1 fully saturated rings. The highest BCUT2D eigenvalue weighted by Crippen LogP contribution is 2.07. The van der Waals surface area contributed by atoms with Crippen molar-refractivity contribution in [2.24, 2.45) is 5.92 Å². The van der Waals surface area contributed by atoms with Crippen LogP contribution in [0.25, 0.3) is 0 Å². The number of piperidine rings is 1. The summed E-state index contributed by atoms with van der Waals surface area (Å²) in [6.07, 6.45) is 0.867. The fourth-order valence-electron chi connectivity index (χ4n) is 1.13. The molecule has 1 aliphatic heterocycles. The standard InChI is InChI=1S/C6H13NO.ClH/c1-5-2-6(8)4-7-3-5;/h5-8H,2-4H2,1H3;1H. The van der Waals surface area contributed by atoms with Gasteiger partial charge in [0.1, 0.15) is 0 Å². The lowest BCUT2D eigenvalue weighted by molar-refractivity contribution is 0.119. The second kappa shape index (κ2) is 4.09. The molecule has 0 radical (unpaired) electrons. The molecule has 2 N–H and O–H groups in total. The van der Waals surface area contributed by atoms with Gasteiger partial charge in [0, 0.05) is 6.54 Å². The SMILES string of the molecule is CC1CNCC(O)C1.Cl. The van der Waals surface area contributed by atoms with E-state index in [1.807, 2.05) is 0 Å². The average molecular weight is 152 g/mol. The Morgan fingerprint density at radius 1 is 1.44 bits per heavy atom. The van der Waals surface area contributed by atoms with Crippen LogP contribution in [0, 0.1) is 5.92 Å². The zero-order valence-electron chi connectivity index (χ0n) is 5.63. The fraction of sp³-hybridized carbons (Fsp3) is 1.00. The summed E-state index contributed by atoms with van der Waals surface area (Å²) in [6, 6.07) is 0. The van der Waals surface area contributed by atoms with E-state index in [9.17, 15) is 0 Å². The first-order valence-corrected chi connectivity index (χ1v) is 3.18. The van der Waals surface area contributed by atoms with E-state index in [0.717, 1.165) is 19.5 Å². The summed E-state index contributed by atoms with van der Waals surface area (Å²) in [5.74, 6) is 0.652. The van der Waals surface area contributed by atoms with E-state index in [1.165, 1.54) is 0 Å². The first kappa shape index (κ1) is 9.21. The van der Waals surface area contributed by atoms with Crippen molar-refractivity contribution in [3.63, 3.8) is 0 Å². The van der Waals surface area contributed by atoms with Gasteiger partial charge in [0.15, 0.2) is 0 Å². The average Bonchev–Trinajstić information content (AvgIpc) is 1.64. The summed E-state index contributed by atoms with van der Waals surface area (Å²) in [4.78, 5) is 0. The highest BCUT2D eigenvalue weighted by Gasteiger charge is 2.14. The first-order valence-electron chi connectivity index (χ1n) is 3.18. The van der Waals surface area contributed by atoms with Crippen LogP contribution in [0.2, 0.25) is 0 Å². The van der Waals surface area contributed by atoms with Crippen molar-refractivity contribution < 1.29 is 5.11 Å². The zero-order chi connectivity index (χ0) is 5.98. The summed E-state index contributed by atoms with van der Waals surface area (Å²) in [5, 5.41) is 12.2. The summed E-state index contributed by atoms with van der Waals surface area (Å²) >= 11 is 0. The van der Waals surface area contributed by atoms with E-state index in [1.54, 1.807) is 0 Å². The lowest BCUT2D eigenvalue weighted by Gasteiger charge is -2.23. The molecule has 0 amide bonds. The van der Waals surface area contributed by atoms with Gasteiger partial charge in [-0.25, -0.2) is 0 Å². The van der Waals surface area contributed by atoms with Crippen LogP contribution < -0.4 is 5.32 Å². The molecule has 0 aromatic rings. The normalized spacial score (nSPS) is 35.3. The predicted octanol–water partition coefficient (Wildman–Crippen LogP) is 0.398. The van der Waals surface area contributed by atoms with Crippen LogP contribution >= 0.6 is 12.4 Å². The highest BCUT2D eigenvalue weighted by atomic mass is 35.5. The van der Waals surface area contributed by atoms with Crippen LogP contribution in [0.5, 0.6) is 0 Å². The molecule has 56 valence electrons. The lowest BCUT2D eigenvalue weighted by atomic mass is 10.0. The maximum Gasteiger partial charge on any atom is 0.0667 e. The Bertz CT molecular complexity index is 71.5. The molecule has 1 saturated heterocycles. The molecule has 0 aromatic heterocycles. The maximum atomic E-state index is 9.02. The number of nitrogens with one attached hydrogen (secondary N) is 1. The number of hydrogen-bond donors (Lipinski definition) is 2. The molecule has 1 aliphatic rings. The summed E-state index contributed by atoms with van der Waals surface area (Å²) < 4.78 is 0. The molecular formula is C6H14ClNO. The maximum absolute atomic E-state index is 9.02. The van der Waals surface area contributed by atoms with Crippen LogP contribution in [0.1, 0.15) is 13.3 Å². The highest BCUT2D eigenvalue weighted by molar-refractivity contribution is 5.85. The van der Waals surface area contributed by atoms with Gasteiger partial charge < -0.3 is 10.4 Å². The van der Waals surface area contributed by atoms with Crippen LogP contribution in [0.15, 0.2) is 0 Å². The second-order valence-electron chi connectivity index (χ2n) is 2.65. The van der Waals surface area contributed by atoms with E-state index >= 15 is 0 Å². The first-order chi connectivity index (χ1) is 3.79. The second-order valence-corrected chi connectivity index (χ2v) is 2.65. The van der Waals surface area contributed by atoms with Gasteiger partial charge in [-0.2, -0.15) is 0 Å². The molecule has 1 heterocycles. The zero-order valence-corrected chi connectivity index (χ0v) is 6.45. The van der Waals surface area contributed by atoms with E-state index in [4.69, 9.17) is 5.11 Å². The van der Waals surface area contributed by atoms with Gasteiger partial charge in [-0.1, -0.05) is 6.92 Å². The Morgan fingerprint density at radius 3 is 2.44 bits per heavy atom. The van der Waals surface area contributed by atoms with Crippen molar-refractivity contribution >= 4 is 12.4 Å². The van der Waals surface area contributed by atoms with Crippen molar-refractivity contribution in [3.05, 3.63) is 0 Å². The van der Waals surface area contributed by atoms with Crippen LogP contribution in [-0.2, 0) is 0 Å². The Kier molecular flexibility index (Phi) is 4.19. The minimum Gasteiger partial charge on any atom is -0.392 e. The third kappa shape index (κ3) is 3.04. The Labute approximate surface area is 62.1 Å². The molecule has 0 spiro atoms. The summed E-state index contributed by atoms with van der Waals surface area (Å²) in [6.45, 7) is 4.00. The molecule has 1 rings (SSSR count). The number of β-amino-alcohol motifs (C(OH)–C–C–N with tert-alkyl or cyclic N) is 1. The fourth-order valence-corrected chi connectivity index (χ4v) is 1.13. The Morgan fingerprint density at radius 2 is 2.11 bits per heavy atom. The van der Waals surface area contributed by atoms with E-state index < -0.39 is 0 Å². The van der Waals surface area contributed by atoms with E-state index in [0.29, 0.717) is 5.92 Å². The summed E-state index contributed by atoms with van der Waals surface area (Å²) in [7, 11) is 0. The molecule has 0 bridgehead atoms. The predicted molar refractivity (Wildman–Crippen MR) is 39.9 cm³/mol. The molecule has 0 aliphatic carbocycles. The lowest BCUT2D eigenvalue weighted by Crippen LogP contribution is -2.38. The minimum absolute atomic E-state index is 0. The van der Waals surface area contributed by atoms with Crippen molar-refractivity contribution in [3.8, 4) is 0 Å². The summed E-state index contributed by atoms with van der Waals surface area (Å²) in [5.41, 5.74) is 0. The molecule has 2 unspecified atom stereocenters. The Hall–Kier alpha value is 0.210. The van der Waals surface area contributed by atoms with E-state index in [2.05, 4.69) is 12.2 Å². The number of rotatable bonds is 0. The molecular weight excluding hydrogens is 138 g/mol. The van der Waals surface area contributed by atoms with Crippen molar-refractivity contribution in [2.75, 3.05) is 13.1 Å². The third-order valence-corrected chi connectivity index (χ3v) is 1.55. The largest absolute Gasteiger partial charge is 0.392 e. The molecule has 0 saturated carbocycles. The van der Waals surface area contributed by atoms with Gasteiger partial charge in [-0.05, 0) is 18.9 Å². The van der Waals surface area contributed by atoms with Gasteiger partial charge in [0.2, 0.25) is 0 Å². The van der Waals surface area contributed by atoms with E-state index in [-0.39, 0.29) is 18.5 Å². The van der Waals surface area contributed by atoms with Crippen molar-refractivity contribution in [1.29, 1.82) is 0 Å². The van der Waals surface area contributed by atoms with Gasteiger partial charge in [-0.15, -0.1) is 12.4 Å². The molecule has 2 nitrogen and oxygen atoms in total. The topological polar surface area (TPSA) is 32.3 Å². The number of hydrogen-bond acceptors (Lipinski definition) is 2. The Balaban J connectivity index is 0.000000640. The van der Waals surface area contributed by atoms with Gasteiger partial charge in [0.25, 0.3) is 0 Å². The van der Waals surface area contributed by atoms with Crippen LogP contribution in [0.3, 0.4) is 0 Å². The molecule has 2 atom stereocenters. The molecule has 9 heavy (non-hydrogen) atoms. The number of aliphatic hydroxyl groups is 1. The quantitative estimate of drug-likeness (QED) is 0.526.